The Morgan fingerprint density at radius 3 is 2.85 bits per heavy atom. The number of urea groups is 1. The van der Waals surface area contributed by atoms with Crippen LogP contribution in [0.2, 0.25) is 0 Å². The van der Waals surface area contributed by atoms with Crippen LogP contribution in [0.15, 0.2) is 10.6 Å². The highest BCUT2D eigenvalue weighted by Gasteiger charge is 2.04. The van der Waals surface area contributed by atoms with Crippen molar-refractivity contribution in [2.24, 2.45) is 0 Å². The first-order chi connectivity index (χ1) is 6.09. The van der Waals surface area contributed by atoms with Crippen LogP contribution in [0.5, 0.6) is 0 Å². The van der Waals surface area contributed by atoms with Crippen molar-refractivity contribution in [3.63, 3.8) is 0 Å². The molecule has 0 atom stereocenters. The molecule has 0 aromatic carbocycles. The van der Waals surface area contributed by atoms with Gasteiger partial charge in [0.1, 0.15) is 11.5 Å². The highest BCUT2D eigenvalue weighted by atomic mass is 16.5. The average molecular weight is 183 g/mol. The highest BCUT2D eigenvalue weighted by Crippen LogP contribution is 2.00. The van der Waals surface area contributed by atoms with Crippen LogP contribution in [-0.4, -0.2) is 30.2 Å². The van der Waals surface area contributed by atoms with Gasteiger partial charge in [-0.05, 0) is 6.92 Å². The number of nitrogens with one attached hydrogen (secondary N) is 1. The maximum atomic E-state index is 11.1. The van der Waals surface area contributed by atoms with E-state index in [4.69, 9.17) is 4.52 Å². The van der Waals surface area contributed by atoms with Crippen LogP contribution in [0.4, 0.5) is 4.79 Å². The van der Waals surface area contributed by atoms with Crippen LogP contribution in [-0.2, 0) is 6.54 Å². The van der Waals surface area contributed by atoms with Gasteiger partial charge in [0.05, 0.1) is 6.54 Å². The SMILES string of the molecule is Cc1cc(CNC(=O)N(C)C)no1. The Balaban J connectivity index is 2.39. The molecule has 0 spiro atoms. The molecule has 2 amide bonds. The second-order valence-corrected chi connectivity index (χ2v) is 2.98. The minimum atomic E-state index is -0.138. The molecular weight excluding hydrogens is 170 g/mol. The minimum absolute atomic E-state index is 0.138. The van der Waals surface area contributed by atoms with Crippen molar-refractivity contribution in [2.75, 3.05) is 14.1 Å². The molecule has 1 N–H and O–H groups in total. The summed E-state index contributed by atoms with van der Waals surface area (Å²) >= 11 is 0. The van der Waals surface area contributed by atoms with Gasteiger partial charge < -0.3 is 14.7 Å². The van der Waals surface area contributed by atoms with Gasteiger partial charge in [0, 0.05) is 20.2 Å². The van der Waals surface area contributed by atoms with E-state index >= 15 is 0 Å². The van der Waals surface area contributed by atoms with Crippen molar-refractivity contribution in [3.8, 4) is 0 Å². The second-order valence-electron chi connectivity index (χ2n) is 2.98. The fraction of sp³-hybridized carbons (Fsp3) is 0.500. The first kappa shape index (κ1) is 9.57. The highest BCUT2D eigenvalue weighted by molar-refractivity contribution is 5.73. The fourth-order valence-corrected chi connectivity index (χ4v) is 0.826. The monoisotopic (exact) mass is 183 g/mol. The number of hydrogen-bond donors (Lipinski definition) is 1. The van der Waals surface area contributed by atoms with Crippen molar-refractivity contribution in [3.05, 3.63) is 17.5 Å². The van der Waals surface area contributed by atoms with Gasteiger partial charge in [-0.3, -0.25) is 0 Å². The van der Waals surface area contributed by atoms with Gasteiger partial charge in [-0.15, -0.1) is 0 Å². The molecule has 5 heteroatoms. The summed E-state index contributed by atoms with van der Waals surface area (Å²) in [6.07, 6.45) is 0. The van der Waals surface area contributed by atoms with E-state index in [1.807, 2.05) is 6.92 Å². The zero-order valence-corrected chi connectivity index (χ0v) is 8.00. The molecule has 0 aliphatic rings. The molecule has 0 fully saturated rings. The van der Waals surface area contributed by atoms with Crippen molar-refractivity contribution in [2.45, 2.75) is 13.5 Å². The Morgan fingerprint density at radius 2 is 2.38 bits per heavy atom. The molecule has 72 valence electrons. The van der Waals surface area contributed by atoms with E-state index in [0.717, 1.165) is 11.5 Å². The largest absolute Gasteiger partial charge is 0.361 e. The first-order valence-corrected chi connectivity index (χ1v) is 3.97. The lowest BCUT2D eigenvalue weighted by Crippen LogP contribution is -2.33. The van der Waals surface area contributed by atoms with E-state index in [0.29, 0.717) is 6.54 Å². The Kier molecular flexibility index (Phi) is 2.89. The molecule has 0 aliphatic carbocycles. The molecule has 0 radical (unpaired) electrons. The van der Waals surface area contributed by atoms with E-state index < -0.39 is 0 Å². The normalized spacial score (nSPS) is 9.77. The molecule has 1 aromatic rings. The van der Waals surface area contributed by atoms with Crippen molar-refractivity contribution in [1.29, 1.82) is 0 Å². The van der Waals surface area contributed by atoms with Crippen LogP contribution < -0.4 is 5.32 Å². The summed E-state index contributed by atoms with van der Waals surface area (Å²) in [5.74, 6) is 0.745. The van der Waals surface area contributed by atoms with E-state index in [1.54, 1.807) is 20.2 Å². The predicted octanol–water partition coefficient (Wildman–Crippen LogP) is 0.754. The summed E-state index contributed by atoms with van der Waals surface area (Å²) in [6, 6.07) is 1.65. The third-order valence-electron chi connectivity index (χ3n) is 1.50. The molecule has 5 nitrogen and oxygen atoms in total. The zero-order valence-electron chi connectivity index (χ0n) is 8.00. The fourth-order valence-electron chi connectivity index (χ4n) is 0.826. The van der Waals surface area contributed by atoms with E-state index in [9.17, 15) is 4.79 Å². The van der Waals surface area contributed by atoms with Crippen LogP contribution >= 0.6 is 0 Å². The van der Waals surface area contributed by atoms with Crippen LogP contribution in [0.25, 0.3) is 0 Å². The molecular formula is C8H13N3O2. The zero-order chi connectivity index (χ0) is 9.84. The number of carbonyl (C=O) groups is 1. The molecule has 0 unspecified atom stereocenters. The Morgan fingerprint density at radius 1 is 1.69 bits per heavy atom. The van der Waals surface area contributed by atoms with Crippen LogP contribution in [0, 0.1) is 6.92 Å². The van der Waals surface area contributed by atoms with Gasteiger partial charge >= 0.3 is 6.03 Å². The number of rotatable bonds is 2. The standard InChI is InChI=1S/C8H13N3O2/c1-6-4-7(10-13-6)5-9-8(12)11(2)3/h4H,5H2,1-3H3,(H,9,12). The number of amides is 2. The summed E-state index contributed by atoms with van der Waals surface area (Å²) in [4.78, 5) is 12.5. The van der Waals surface area contributed by atoms with Gasteiger partial charge in [0.15, 0.2) is 0 Å². The molecule has 0 aliphatic heterocycles. The van der Waals surface area contributed by atoms with E-state index in [2.05, 4.69) is 10.5 Å². The molecule has 0 saturated heterocycles. The molecule has 1 rings (SSSR count). The van der Waals surface area contributed by atoms with Gasteiger partial charge in [-0.25, -0.2) is 4.79 Å². The number of hydrogen-bond acceptors (Lipinski definition) is 3. The Labute approximate surface area is 76.7 Å². The number of aromatic nitrogens is 1. The molecule has 0 bridgehead atoms. The third kappa shape index (κ3) is 2.77. The topological polar surface area (TPSA) is 58.4 Å². The quantitative estimate of drug-likeness (QED) is 0.736. The lowest BCUT2D eigenvalue weighted by atomic mass is 10.4. The van der Waals surface area contributed by atoms with Gasteiger partial charge in [-0.2, -0.15) is 0 Å². The summed E-state index contributed by atoms with van der Waals surface area (Å²) < 4.78 is 4.84. The lowest BCUT2D eigenvalue weighted by molar-refractivity contribution is 0.216. The number of aryl methyl sites for hydroxylation is 1. The molecule has 1 aromatic heterocycles. The smallest absolute Gasteiger partial charge is 0.317 e. The molecule has 1 heterocycles. The van der Waals surface area contributed by atoms with Crippen molar-refractivity contribution in [1.82, 2.24) is 15.4 Å². The summed E-state index contributed by atoms with van der Waals surface area (Å²) in [5, 5.41) is 6.42. The number of carbonyl (C=O) groups excluding carboxylic acids is 1. The number of nitrogens with zero attached hydrogens (tertiary/aromatic N) is 2. The summed E-state index contributed by atoms with van der Waals surface area (Å²) in [5.41, 5.74) is 0.729. The molecule has 13 heavy (non-hydrogen) atoms. The summed E-state index contributed by atoms with van der Waals surface area (Å²) in [6.45, 7) is 2.21. The third-order valence-corrected chi connectivity index (χ3v) is 1.50. The average Bonchev–Trinajstić information content (AvgIpc) is 2.47. The van der Waals surface area contributed by atoms with E-state index in [-0.39, 0.29) is 6.03 Å². The first-order valence-electron chi connectivity index (χ1n) is 3.97. The van der Waals surface area contributed by atoms with Crippen molar-refractivity contribution >= 4 is 6.03 Å². The summed E-state index contributed by atoms with van der Waals surface area (Å²) in [7, 11) is 3.37. The minimum Gasteiger partial charge on any atom is -0.361 e. The maximum Gasteiger partial charge on any atom is 0.317 e. The second kappa shape index (κ2) is 3.93. The van der Waals surface area contributed by atoms with Crippen LogP contribution in [0.1, 0.15) is 11.5 Å². The van der Waals surface area contributed by atoms with Gasteiger partial charge in [-0.1, -0.05) is 5.16 Å². The maximum absolute atomic E-state index is 11.1. The molecule has 0 saturated carbocycles. The van der Waals surface area contributed by atoms with E-state index in [1.165, 1.54) is 4.90 Å². The Bertz CT molecular complexity index is 293. The van der Waals surface area contributed by atoms with Crippen molar-refractivity contribution < 1.29 is 9.32 Å². The van der Waals surface area contributed by atoms with Crippen LogP contribution in [0.3, 0.4) is 0 Å². The van der Waals surface area contributed by atoms with Gasteiger partial charge in [0.2, 0.25) is 0 Å². The Hall–Kier alpha value is -1.52. The lowest BCUT2D eigenvalue weighted by Gasteiger charge is -2.10. The van der Waals surface area contributed by atoms with Gasteiger partial charge in [0.25, 0.3) is 0 Å². The predicted molar refractivity (Wildman–Crippen MR) is 47.2 cm³/mol.